The molecule has 7 nitrogen and oxygen atoms in total. The molecule has 0 amide bonds. The Morgan fingerprint density at radius 3 is 2.65 bits per heavy atom. The number of hydrogen-bond acceptors (Lipinski definition) is 6. The Morgan fingerprint density at radius 1 is 1.26 bits per heavy atom. The van der Waals surface area contributed by atoms with Crippen LogP contribution >= 0.6 is 9.24 Å². The van der Waals surface area contributed by atoms with E-state index in [0.717, 1.165) is 0 Å². The number of rotatable bonds is 5. The zero-order valence-electron chi connectivity index (χ0n) is 16.1. The molecule has 0 spiro atoms. The first kappa shape index (κ1) is 20.7. The Morgan fingerprint density at radius 2 is 2.00 bits per heavy atom. The summed E-state index contributed by atoms with van der Waals surface area (Å²) >= 11 is 0. The number of carbonyl (C=O) groups excluding carboxylic acids is 1. The predicted octanol–water partition coefficient (Wildman–Crippen LogP) is 4.67. The van der Waals surface area contributed by atoms with Gasteiger partial charge in [-0.05, 0) is 42.5 Å². The van der Waals surface area contributed by atoms with E-state index < -0.39 is 17.7 Å². The first-order valence-corrected chi connectivity index (χ1v) is 9.68. The monoisotopic (exact) mass is 443 g/mol. The first-order valence-electron chi connectivity index (χ1n) is 9.02. The van der Waals surface area contributed by atoms with Crippen molar-refractivity contribution in [3.8, 4) is 34.0 Å². The normalized spacial score (nSPS) is 12.0. The van der Waals surface area contributed by atoms with E-state index in [1.165, 1.54) is 48.3 Å². The molecule has 1 N–H and O–H groups in total. The molecule has 2 heterocycles. The summed E-state index contributed by atoms with van der Waals surface area (Å²) in [6.45, 7) is 0. The Kier molecular flexibility index (Phi) is 5.52. The predicted molar refractivity (Wildman–Crippen MR) is 111 cm³/mol. The number of hydrogen-bond donors (Lipinski definition) is 1. The van der Waals surface area contributed by atoms with Crippen LogP contribution in [0.15, 0.2) is 59.3 Å². The van der Waals surface area contributed by atoms with E-state index in [4.69, 9.17) is 9.26 Å². The minimum Gasteiger partial charge on any atom is -0.508 e. The minimum absolute atomic E-state index is 0.0224. The maximum Gasteiger partial charge on any atom is 0.344 e. The third-order valence-corrected chi connectivity index (χ3v) is 4.90. The maximum absolute atomic E-state index is 14.7. The molecule has 31 heavy (non-hydrogen) atoms. The van der Waals surface area contributed by atoms with E-state index in [9.17, 15) is 18.7 Å². The van der Waals surface area contributed by atoms with E-state index in [2.05, 4.69) is 10.3 Å². The maximum atomic E-state index is 14.7. The van der Waals surface area contributed by atoms with Crippen molar-refractivity contribution < 1.29 is 27.9 Å². The largest absolute Gasteiger partial charge is 0.508 e. The van der Waals surface area contributed by atoms with Gasteiger partial charge in [-0.2, -0.15) is 5.10 Å². The number of benzene rings is 2. The molecule has 2 atom stereocenters. The van der Waals surface area contributed by atoms with Crippen LogP contribution in [0.5, 0.6) is 5.75 Å². The molecule has 2 unspecified atom stereocenters. The summed E-state index contributed by atoms with van der Waals surface area (Å²) in [5.41, 5.74) is 1.09. The van der Waals surface area contributed by atoms with Gasteiger partial charge in [-0.3, -0.25) is 0 Å². The molecule has 4 aromatic rings. The van der Waals surface area contributed by atoms with Gasteiger partial charge >= 0.3 is 5.97 Å². The second-order valence-corrected chi connectivity index (χ2v) is 7.10. The lowest BCUT2D eigenvalue weighted by Gasteiger charge is -2.10. The molecule has 0 aliphatic rings. The van der Waals surface area contributed by atoms with Crippen molar-refractivity contribution in [2.75, 3.05) is 7.11 Å². The molecule has 0 saturated heterocycles. The fourth-order valence-electron chi connectivity index (χ4n) is 3.19. The summed E-state index contributed by atoms with van der Waals surface area (Å²) in [6.07, 6.45) is 1.31. The average Bonchev–Trinajstić information content (AvgIpc) is 3.38. The zero-order chi connectivity index (χ0) is 22.1. The fourth-order valence-corrected chi connectivity index (χ4v) is 3.51. The van der Waals surface area contributed by atoms with Gasteiger partial charge in [-0.1, -0.05) is 20.5 Å². The molecule has 10 heteroatoms. The number of phenols is 1. The number of halogens is 2. The lowest BCUT2D eigenvalue weighted by Crippen LogP contribution is -2.06. The highest BCUT2D eigenvalue weighted by Gasteiger charge is 2.31. The van der Waals surface area contributed by atoms with Crippen molar-refractivity contribution in [3.63, 3.8) is 0 Å². The van der Waals surface area contributed by atoms with Crippen molar-refractivity contribution in [1.29, 1.82) is 0 Å². The number of aromatic nitrogens is 3. The minimum atomic E-state index is -1.62. The highest BCUT2D eigenvalue weighted by molar-refractivity contribution is 7.16. The van der Waals surface area contributed by atoms with Gasteiger partial charge in [0.1, 0.15) is 22.8 Å². The zero-order valence-corrected chi connectivity index (χ0v) is 17.3. The summed E-state index contributed by atoms with van der Waals surface area (Å²) in [7, 11) is 3.20. The van der Waals surface area contributed by atoms with Gasteiger partial charge in [0.05, 0.1) is 30.3 Å². The number of esters is 1. The highest BCUT2D eigenvalue weighted by atomic mass is 31.0. The van der Waals surface area contributed by atoms with Crippen molar-refractivity contribution in [1.82, 2.24) is 14.9 Å². The highest BCUT2D eigenvalue weighted by Crippen LogP contribution is 2.40. The summed E-state index contributed by atoms with van der Waals surface area (Å²) in [4.78, 5) is 12.6. The van der Waals surface area contributed by atoms with Crippen LogP contribution in [0.3, 0.4) is 0 Å². The van der Waals surface area contributed by atoms with Crippen LogP contribution in [0.25, 0.3) is 28.3 Å². The Bertz CT molecular complexity index is 1250. The number of phenolic OH excluding ortho intramolecular Hbond substituents is 1. The third-order valence-electron chi connectivity index (χ3n) is 4.59. The number of methoxy groups -OCH3 is 1. The van der Waals surface area contributed by atoms with E-state index in [1.807, 2.05) is 9.24 Å². The number of alkyl halides is 1. The average molecular weight is 443 g/mol. The molecule has 4 rings (SSSR count). The van der Waals surface area contributed by atoms with Gasteiger partial charge in [0.25, 0.3) is 0 Å². The quantitative estimate of drug-likeness (QED) is 0.356. The summed E-state index contributed by atoms with van der Waals surface area (Å²) in [5.74, 6) is -2.88. The van der Waals surface area contributed by atoms with Gasteiger partial charge < -0.3 is 14.4 Å². The van der Waals surface area contributed by atoms with Crippen LogP contribution in [0.4, 0.5) is 8.78 Å². The molecular weight excluding hydrogens is 427 g/mol. The fraction of sp³-hybridized carbons (Fsp3) is 0.0952. The van der Waals surface area contributed by atoms with Gasteiger partial charge in [0, 0.05) is 5.56 Å². The molecule has 0 aliphatic carbocycles. The lowest BCUT2D eigenvalue weighted by atomic mass is 10.0. The smallest absolute Gasteiger partial charge is 0.344 e. The third kappa shape index (κ3) is 3.80. The summed E-state index contributed by atoms with van der Waals surface area (Å²) in [5, 5.41) is 17.7. The van der Waals surface area contributed by atoms with Crippen molar-refractivity contribution >= 4 is 15.2 Å². The van der Waals surface area contributed by atoms with Gasteiger partial charge in [-0.15, -0.1) is 0 Å². The van der Waals surface area contributed by atoms with Crippen LogP contribution < -0.4 is 0 Å². The second kappa shape index (κ2) is 8.28. The molecule has 2 aromatic carbocycles. The van der Waals surface area contributed by atoms with E-state index >= 15 is 0 Å². The number of ether oxygens (including phenoxy) is 1. The van der Waals surface area contributed by atoms with Crippen LogP contribution in [-0.2, 0) is 4.74 Å². The van der Waals surface area contributed by atoms with E-state index in [-0.39, 0.29) is 34.0 Å². The van der Waals surface area contributed by atoms with Crippen LogP contribution in [0, 0.1) is 5.82 Å². The molecule has 2 aromatic heterocycles. The number of nitrogens with zero attached hydrogens (tertiary/aromatic N) is 3. The molecule has 0 aliphatic heterocycles. The van der Waals surface area contributed by atoms with Crippen molar-refractivity contribution in [3.05, 3.63) is 71.8 Å². The molecular formula is C21H16F2N3O4P. The topological polar surface area (TPSA) is 90.4 Å². The summed E-state index contributed by atoms with van der Waals surface area (Å²) in [6, 6.07) is 11.5. The summed E-state index contributed by atoms with van der Waals surface area (Å²) < 4.78 is 39.9. The molecule has 0 fully saturated rings. The molecule has 158 valence electrons. The van der Waals surface area contributed by atoms with Crippen LogP contribution in [0.1, 0.15) is 22.0 Å². The van der Waals surface area contributed by atoms with Gasteiger partial charge in [-0.25, -0.2) is 18.3 Å². The van der Waals surface area contributed by atoms with Gasteiger partial charge in [0.15, 0.2) is 11.7 Å². The van der Waals surface area contributed by atoms with Crippen molar-refractivity contribution in [2.45, 2.75) is 5.91 Å². The Hall–Kier alpha value is -3.58. The second-order valence-electron chi connectivity index (χ2n) is 6.51. The molecule has 0 bridgehead atoms. The molecule has 0 saturated carbocycles. The number of aromatic hydroxyl groups is 1. The molecule has 0 radical (unpaired) electrons. The first-order chi connectivity index (χ1) is 14.9. The van der Waals surface area contributed by atoms with Crippen LogP contribution in [-0.4, -0.2) is 33.1 Å². The van der Waals surface area contributed by atoms with E-state index in [1.54, 1.807) is 18.2 Å². The van der Waals surface area contributed by atoms with Crippen molar-refractivity contribution in [2.24, 2.45) is 0 Å². The Balaban J connectivity index is 1.92. The van der Waals surface area contributed by atoms with E-state index in [0.29, 0.717) is 11.3 Å². The SMILES string of the molecule is COC(=O)c1c(-c2ccc(O)cc2)noc1-c1cnn(-c2cccc(F)c2)c1C(F)P. The lowest BCUT2D eigenvalue weighted by molar-refractivity contribution is 0.0602. The number of carbonyl (C=O) groups is 1. The van der Waals surface area contributed by atoms with Crippen LogP contribution in [0.2, 0.25) is 0 Å². The Labute approximate surface area is 177 Å². The van der Waals surface area contributed by atoms with Gasteiger partial charge in [0.2, 0.25) is 0 Å². The standard InChI is InChI=1S/C21H16F2N3O4P/c1-29-21(28)16-17(11-5-7-14(27)8-6-11)25-30-19(16)15-10-24-26(18(15)20(23)31)13-4-2-3-12(22)9-13/h2-10,20,27H,31H2,1H3.